The van der Waals surface area contributed by atoms with E-state index in [0.717, 1.165) is 65.0 Å². The van der Waals surface area contributed by atoms with Gasteiger partial charge in [0.15, 0.2) is 5.96 Å². The first-order valence-electron chi connectivity index (χ1n) is 9.58. The Bertz CT molecular complexity index is 365. The Morgan fingerprint density at radius 3 is 2.84 bits per heavy atom. The average molecular weight is 358 g/mol. The molecule has 1 rings (SSSR count). The van der Waals surface area contributed by atoms with Gasteiger partial charge < -0.3 is 25.0 Å². The molecule has 0 aromatic heterocycles. The average Bonchev–Trinajstić information content (AvgIpc) is 2.57. The van der Waals surface area contributed by atoms with Crippen LogP contribution in [0.1, 0.15) is 20.8 Å². The number of nitrogens with one attached hydrogen (secondary N) is 2. The van der Waals surface area contributed by atoms with Gasteiger partial charge in [-0.2, -0.15) is 0 Å². The summed E-state index contributed by atoms with van der Waals surface area (Å²) in [6.07, 6.45) is 0.187. The van der Waals surface area contributed by atoms with Crippen molar-refractivity contribution < 1.29 is 9.47 Å². The lowest BCUT2D eigenvalue weighted by atomic mass is 10.2. The minimum absolute atomic E-state index is 0.187. The summed E-state index contributed by atoms with van der Waals surface area (Å²) in [4.78, 5) is 9.44. The van der Waals surface area contributed by atoms with Crippen molar-refractivity contribution in [1.29, 1.82) is 0 Å². The lowest BCUT2D eigenvalue weighted by molar-refractivity contribution is -0.0261. The largest absolute Gasteiger partial charge is 0.383 e. The van der Waals surface area contributed by atoms with E-state index in [2.05, 4.69) is 48.3 Å². The molecule has 0 aliphatic carbocycles. The first-order valence-corrected chi connectivity index (χ1v) is 9.58. The fraction of sp³-hybridized carbons (Fsp3) is 0.944. The predicted molar refractivity (Wildman–Crippen MR) is 104 cm³/mol. The molecule has 2 N–H and O–H groups in total. The maximum atomic E-state index is 5.88. The van der Waals surface area contributed by atoms with Crippen molar-refractivity contribution >= 4 is 5.96 Å². The second-order valence-corrected chi connectivity index (χ2v) is 7.09. The molecule has 1 saturated heterocycles. The summed E-state index contributed by atoms with van der Waals surface area (Å²) in [5.41, 5.74) is 0. The number of hydrogen-bond donors (Lipinski definition) is 2. The number of guanidine groups is 1. The van der Waals surface area contributed by atoms with Crippen LogP contribution in [0.25, 0.3) is 0 Å². The lowest BCUT2D eigenvalue weighted by Gasteiger charge is -2.33. The molecular weight excluding hydrogens is 318 g/mol. The molecule has 1 aliphatic rings. The van der Waals surface area contributed by atoms with E-state index in [-0.39, 0.29) is 6.10 Å². The standard InChI is InChI=1S/C18H39N5O2/c1-6-19-18(20-7-8-22(4)9-11-24-5)21-13-17-15-23(10-12-25-17)14-16(2)3/h16-17H,6-15H2,1-5H3,(H2,19,20,21). The normalized spacial score (nSPS) is 19.6. The smallest absolute Gasteiger partial charge is 0.191 e. The number of rotatable bonds is 11. The maximum absolute atomic E-state index is 5.88. The van der Waals surface area contributed by atoms with E-state index in [1.165, 1.54) is 0 Å². The number of hydrogen-bond acceptors (Lipinski definition) is 5. The van der Waals surface area contributed by atoms with Gasteiger partial charge in [0.1, 0.15) is 0 Å². The van der Waals surface area contributed by atoms with Crippen molar-refractivity contribution in [1.82, 2.24) is 20.4 Å². The number of nitrogens with zero attached hydrogens (tertiary/aromatic N) is 3. The Labute approximate surface area is 154 Å². The topological polar surface area (TPSA) is 61.4 Å². The van der Waals surface area contributed by atoms with E-state index in [9.17, 15) is 0 Å². The van der Waals surface area contributed by atoms with Crippen molar-refractivity contribution in [3.8, 4) is 0 Å². The number of likely N-dealkylation sites (N-methyl/N-ethyl adjacent to an activating group) is 1. The fourth-order valence-electron chi connectivity index (χ4n) is 2.83. The van der Waals surface area contributed by atoms with Crippen LogP contribution in [0.3, 0.4) is 0 Å². The highest BCUT2D eigenvalue weighted by Crippen LogP contribution is 2.08. The molecule has 148 valence electrons. The predicted octanol–water partition coefficient (Wildman–Crippen LogP) is 0.477. The zero-order valence-electron chi connectivity index (χ0n) is 16.9. The zero-order valence-corrected chi connectivity index (χ0v) is 16.9. The molecule has 7 nitrogen and oxygen atoms in total. The van der Waals surface area contributed by atoms with Crippen LogP contribution in [-0.2, 0) is 9.47 Å². The molecule has 0 aromatic carbocycles. The van der Waals surface area contributed by atoms with Gasteiger partial charge in [-0.1, -0.05) is 13.8 Å². The van der Waals surface area contributed by atoms with E-state index in [1.54, 1.807) is 7.11 Å². The number of aliphatic imine (C=N–C) groups is 1. The molecule has 0 saturated carbocycles. The molecule has 1 fully saturated rings. The van der Waals surface area contributed by atoms with Gasteiger partial charge in [-0.25, -0.2) is 0 Å². The molecule has 0 bridgehead atoms. The summed E-state index contributed by atoms with van der Waals surface area (Å²) in [6, 6.07) is 0. The van der Waals surface area contributed by atoms with Crippen LogP contribution in [0.2, 0.25) is 0 Å². The van der Waals surface area contributed by atoms with E-state index < -0.39 is 0 Å². The van der Waals surface area contributed by atoms with Crippen molar-refractivity contribution in [2.45, 2.75) is 26.9 Å². The molecule has 7 heteroatoms. The molecular formula is C18H39N5O2. The minimum atomic E-state index is 0.187. The van der Waals surface area contributed by atoms with Gasteiger partial charge in [-0.3, -0.25) is 9.89 Å². The molecule has 0 radical (unpaired) electrons. The molecule has 1 aliphatic heterocycles. The van der Waals surface area contributed by atoms with Crippen molar-refractivity contribution in [2.75, 3.05) is 79.7 Å². The Kier molecular flexibility index (Phi) is 11.8. The zero-order chi connectivity index (χ0) is 18.5. The van der Waals surface area contributed by atoms with Gasteiger partial charge in [0, 0.05) is 52.9 Å². The van der Waals surface area contributed by atoms with E-state index >= 15 is 0 Å². The highest BCUT2D eigenvalue weighted by atomic mass is 16.5. The summed E-state index contributed by atoms with van der Waals surface area (Å²) in [6.45, 7) is 15.6. The first-order chi connectivity index (χ1) is 12.0. The number of morpholine rings is 1. The summed E-state index contributed by atoms with van der Waals surface area (Å²) >= 11 is 0. The monoisotopic (exact) mass is 357 g/mol. The third-order valence-electron chi connectivity index (χ3n) is 4.11. The second kappa shape index (κ2) is 13.3. The molecule has 1 heterocycles. The van der Waals surface area contributed by atoms with Crippen molar-refractivity contribution in [3.05, 3.63) is 0 Å². The summed E-state index contributed by atoms with van der Waals surface area (Å²) < 4.78 is 11.0. The van der Waals surface area contributed by atoms with Gasteiger partial charge in [0.05, 0.1) is 25.9 Å². The van der Waals surface area contributed by atoms with E-state index in [0.29, 0.717) is 12.5 Å². The first kappa shape index (κ1) is 22.2. The van der Waals surface area contributed by atoms with Crippen LogP contribution in [0, 0.1) is 5.92 Å². The van der Waals surface area contributed by atoms with Gasteiger partial charge in [0.2, 0.25) is 0 Å². The van der Waals surface area contributed by atoms with E-state index in [1.807, 2.05) is 0 Å². The maximum Gasteiger partial charge on any atom is 0.191 e. The fourth-order valence-corrected chi connectivity index (χ4v) is 2.83. The number of ether oxygens (including phenoxy) is 2. The van der Waals surface area contributed by atoms with Crippen LogP contribution in [-0.4, -0.2) is 102 Å². The number of methoxy groups -OCH3 is 1. The Balaban J connectivity index is 2.36. The Morgan fingerprint density at radius 2 is 2.16 bits per heavy atom. The van der Waals surface area contributed by atoms with E-state index in [4.69, 9.17) is 14.5 Å². The van der Waals surface area contributed by atoms with Gasteiger partial charge in [0.25, 0.3) is 0 Å². The minimum Gasteiger partial charge on any atom is -0.383 e. The van der Waals surface area contributed by atoms with Crippen molar-refractivity contribution in [2.24, 2.45) is 10.9 Å². The molecule has 1 atom stereocenters. The van der Waals surface area contributed by atoms with Crippen molar-refractivity contribution in [3.63, 3.8) is 0 Å². The summed E-state index contributed by atoms with van der Waals surface area (Å²) in [5.74, 6) is 1.56. The highest BCUT2D eigenvalue weighted by Gasteiger charge is 2.20. The summed E-state index contributed by atoms with van der Waals surface area (Å²) in [7, 11) is 3.83. The Morgan fingerprint density at radius 1 is 1.36 bits per heavy atom. The highest BCUT2D eigenvalue weighted by molar-refractivity contribution is 5.79. The van der Waals surface area contributed by atoms with Crippen LogP contribution < -0.4 is 10.6 Å². The molecule has 1 unspecified atom stereocenters. The molecule has 0 aromatic rings. The SMILES string of the molecule is CCNC(=NCC1CN(CC(C)C)CCO1)NCCN(C)CCOC. The van der Waals surface area contributed by atoms with Gasteiger partial charge in [-0.15, -0.1) is 0 Å². The molecule has 0 spiro atoms. The summed E-state index contributed by atoms with van der Waals surface area (Å²) in [5, 5.41) is 6.71. The van der Waals surface area contributed by atoms with Gasteiger partial charge >= 0.3 is 0 Å². The third-order valence-corrected chi connectivity index (χ3v) is 4.11. The molecule has 0 amide bonds. The van der Waals surface area contributed by atoms with Crippen LogP contribution in [0.4, 0.5) is 0 Å². The molecule has 25 heavy (non-hydrogen) atoms. The lowest BCUT2D eigenvalue weighted by Crippen LogP contribution is -2.46. The quantitative estimate of drug-likeness (QED) is 0.414. The van der Waals surface area contributed by atoms with Gasteiger partial charge in [-0.05, 0) is 19.9 Å². The van der Waals surface area contributed by atoms with Crippen LogP contribution >= 0.6 is 0 Å². The Hall–Kier alpha value is -0.890. The third kappa shape index (κ3) is 10.6. The second-order valence-electron chi connectivity index (χ2n) is 7.09. The van der Waals surface area contributed by atoms with Crippen LogP contribution in [0.5, 0.6) is 0 Å². The van der Waals surface area contributed by atoms with Crippen LogP contribution in [0.15, 0.2) is 4.99 Å².